The molecule has 0 aliphatic carbocycles. The molecule has 25 heavy (non-hydrogen) atoms. The predicted octanol–water partition coefficient (Wildman–Crippen LogP) is 3.06. The first-order valence-corrected chi connectivity index (χ1v) is 8.90. The van der Waals surface area contributed by atoms with E-state index in [2.05, 4.69) is 41.0 Å². The van der Waals surface area contributed by atoms with Crippen LogP contribution in [0.15, 0.2) is 48.5 Å². The van der Waals surface area contributed by atoms with Gasteiger partial charge in [-0.05, 0) is 42.2 Å². The molecule has 2 aromatic rings. The summed E-state index contributed by atoms with van der Waals surface area (Å²) in [5, 5.41) is 6.76. The van der Waals surface area contributed by atoms with Gasteiger partial charge in [0.05, 0.1) is 0 Å². The van der Waals surface area contributed by atoms with E-state index in [4.69, 9.17) is 21.7 Å². The largest absolute Gasteiger partial charge is 0.454 e. The minimum absolute atomic E-state index is 0.296. The van der Waals surface area contributed by atoms with Gasteiger partial charge in [0, 0.05) is 24.4 Å². The van der Waals surface area contributed by atoms with Crippen molar-refractivity contribution in [2.75, 3.05) is 19.9 Å². The van der Waals surface area contributed by atoms with Crippen LogP contribution < -0.4 is 20.1 Å². The Bertz CT molecular complexity index is 818. The van der Waals surface area contributed by atoms with Gasteiger partial charge in [0.15, 0.2) is 11.5 Å². The van der Waals surface area contributed by atoms with E-state index in [1.807, 2.05) is 18.2 Å². The van der Waals surface area contributed by atoms with Crippen molar-refractivity contribution in [3.05, 3.63) is 65.2 Å². The van der Waals surface area contributed by atoms with Crippen LogP contribution in [0.4, 0.5) is 0 Å². The highest BCUT2D eigenvalue weighted by Gasteiger charge is 2.21. The Morgan fingerprint density at radius 1 is 1.16 bits per heavy atom. The number of nitrogens with one attached hydrogen (secondary N) is 2. The topological polar surface area (TPSA) is 42.5 Å². The molecule has 2 aliphatic heterocycles. The Hall–Kier alpha value is -2.53. The molecular weight excluding hydrogens is 332 g/mol. The van der Waals surface area contributed by atoms with Gasteiger partial charge in [-0.2, -0.15) is 0 Å². The zero-order valence-electron chi connectivity index (χ0n) is 13.9. The lowest BCUT2D eigenvalue weighted by molar-refractivity contribution is 0.174. The van der Waals surface area contributed by atoms with Gasteiger partial charge in [-0.1, -0.05) is 42.5 Å². The summed E-state index contributed by atoms with van der Waals surface area (Å²) in [6.45, 7) is 2.01. The zero-order valence-corrected chi connectivity index (χ0v) is 14.7. The van der Waals surface area contributed by atoms with Crippen LogP contribution in [0.2, 0.25) is 0 Å². The van der Waals surface area contributed by atoms with E-state index < -0.39 is 0 Å². The quantitative estimate of drug-likeness (QED) is 0.654. The number of rotatable bonds is 4. The van der Waals surface area contributed by atoms with Gasteiger partial charge in [-0.25, -0.2) is 0 Å². The summed E-state index contributed by atoms with van der Waals surface area (Å²) >= 11 is 5.50. The zero-order chi connectivity index (χ0) is 17.1. The Labute approximate surface area is 152 Å². The summed E-state index contributed by atoms with van der Waals surface area (Å²) in [7, 11) is 0. The lowest BCUT2D eigenvalue weighted by Crippen LogP contribution is -2.27. The number of hydrogen-bond donors (Lipinski definition) is 2. The van der Waals surface area contributed by atoms with Crippen LogP contribution >= 0.6 is 12.2 Å². The summed E-state index contributed by atoms with van der Waals surface area (Å²) in [5.41, 5.74) is 4.75. The fraction of sp³-hybridized carbons (Fsp3) is 0.250. The van der Waals surface area contributed by atoms with Crippen molar-refractivity contribution in [3.63, 3.8) is 0 Å². The van der Waals surface area contributed by atoms with Crippen molar-refractivity contribution < 1.29 is 9.47 Å². The molecule has 2 N–H and O–H groups in total. The molecule has 5 heteroatoms. The number of ether oxygens (including phenoxy) is 2. The van der Waals surface area contributed by atoms with Crippen LogP contribution in [0.1, 0.15) is 16.7 Å². The molecule has 0 saturated carbocycles. The third-order valence-electron chi connectivity index (χ3n) is 4.43. The van der Waals surface area contributed by atoms with Crippen molar-refractivity contribution in [2.24, 2.45) is 0 Å². The van der Waals surface area contributed by atoms with Crippen LogP contribution in [0.3, 0.4) is 0 Å². The number of hydrogen-bond acceptors (Lipinski definition) is 4. The Balaban J connectivity index is 1.44. The van der Waals surface area contributed by atoms with E-state index in [1.54, 1.807) is 0 Å². The van der Waals surface area contributed by atoms with E-state index in [9.17, 15) is 0 Å². The highest BCUT2D eigenvalue weighted by Crippen LogP contribution is 2.37. The van der Waals surface area contributed by atoms with Gasteiger partial charge in [-0.15, -0.1) is 0 Å². The van der Waals surface area contributed by atoms with Crippen LogP contribution in [-0.2, 0) is 12.8 Å². The third-order valence-corrected chi connectivity index (χ3v) is 4.69. The smallest absolute Gasteiger partial charge is 0.231 e. The minimum atomic E-state index is 0.296. The van der Waals surface area contributed by atoms with Crippen molar-refractivity contribution >= 4 is 22.9 Å². The highest BCUT2D eigenvalue weighted by atomic mass is 32.1. The number of thiocarbonyl (C=S) groups is 1. The van der Waals surface area contributed by atoms with E-state index in [0.717, 1.165) is 53.7 Å². The molecule has 0 spiro atoms. The van der Waals surface area contributed by atoms with Crippen LogP contribution in [0, 0.1) is 0 Å². The summed E-state index contributed by atoms with van der Waals surface area (Å²) in [6.07, 6.45) is 3.92. The molecular formula is C20H20N2O2S. The van der Waals surface area contributed by atoms with Gasteiger partial charge in [0.2, 0.25) is 6.79 Å². The van der Waals surface area contributed by atoms with Crippen LogP contribution in [-0.4, -0.2) is 24.9 Å². The van der Waals surface area contributed by atoms with Crippen LogP contribution in [0.5, 0.6) is 11.5 Å². The molecule has 0 aromatic heterocycles. The summed E-state index contributed by atoms with van der Waals surface area (Å²) in [4.78, 5) is 0.740. The normalized spacial score (nSPS) is 16.2. The second-order valence-corrected chi connectivity index (χ2v) is 6.56. The van der Waals surface area contributed by atoms with Gasteiger partial charge in [0.25, 0.3) is 0 Å². The molecule has 4 rings (SSSR count). The van der Waals surface area contributed by atoms with Crippen molar-refractivity contribution in [2.45, 2.75) is 12.8 Å². The molecule has 2 aromatic carbocycles. The van der Waals surface area contributed by atoms with E-state index in [1.165, 1.54) is 11.1 Å². The van der Waals surface area contributed by atoms with Gasteiger partial charge >= 0.3 is 0 Å². The highest BCUT2D eigenvalue weighted by molar-refractivity contribution is 7.80. The maximum absolute atomic E-state index is 5.51. The van der Waals surface area contributed by atoms with Crippen molar-refractivity contribution in [3.8, 4) is 11.5 Å². The first-order chi connectivity index (χ1) is 12.3. The molecule has 0 bridgehead atoms. The average molecular weight is 352 g/mol. The molecule has 0 unspecified atom stereocenters. The van der Waals surface area contributed by atoms with Crippen molar-refractivity contribution in [1.29, 1.82) is 0 Å². The molecule has 0 atom stereocenters. The molecule has 0 saturated heterocycles. The van der Waals surface area contributed by atoms with E-state index in [-0.39, 0.29) is 0 Å². The monoisotopic (exact) mass is 352 g/mol. The maximum Gasteiger partial charge on any atom is 0.231 e. The van der Waals surface area contributed by atoms with Gasteiger partial charge < -0.3 is 20.1 Å². The predicted molar refractivity (Wildman–Crippen MR) is 103 cm³/mol. The third kappa shape index (κ3) is 3.61. The SMILES string of the molecule is S=C(C=C1NCCc2cc3c(cc21)OCO3)NCCc1ccccc1. The fourth-order valence-corrected chi connectivity index (χ4v) is 3.37. The lowest BCUT2D eigenvalue weighted by atomic mass is 9.97. The second-order valence-electron chi connectivity index (χ2n) is 6.12. The molecule has 128 valence electrons. The Kier molecular flexibility index (Phi) is 4.57. The van der Waals surface area contributed by atoms with Gasteiger partial charge in [0.1, 0.15) is 4.99 Å². The molecule has 2 aliphatic rings. The van der Waals surface area contributed by atoms with E-state index in [0.29, 0.717) is 6.79 Å². The second kappa shape index (κ2) is 7.15. The van der Waals surface area contributed by atoms with E-state index >= 15 is 0 Å². The molecule has 4 nitrogen and oxygen atoms in total. The van der Waals surface area contributed by atoms with Gasteiger partial charge in [-0.3, -0.25) is 0 Å². The Morgan fingerprint density at radius 2 is 1.96 bits per heavy atom. The maximum atomic E-state index is 5.51. The summed E-state index contributed by atoms with van der Waals surface area (Å²) in [6, 6.07) is 14.5. The standard InChI is InChI=1S/C20H20N2O2S/c25-20(22-8-6-14-4-2-1-3-5-14)12-17-16-11-19-18(23-13-24-19)10-15(16)7-9-21-17/h1-5,10-12,21H,6-9,13H2,(H,22,25). The molecule has 0 amide bonds. The number of benzene rings is 2. The Morgan fingerprint density at radius 3 is 2.80 bits per heavy atom. The van der Waals surface area contributed by atoms with Crippen molar-refractivity contribution in [1.82, 2.24) is 10.6 Å². The molecule has 0 fully saturated rings. The molecule has 0 radical (unpaired) electrons. The van der Waals surface area contributed by atoms with Crippen LogP contribution in [0.25, 0.3) is 5.70 Å². The molecule has 2 heterocycles. The fourth-order valence-electron chi connectivity index (χ4n) is 3.15. The average Bonchev–Trinajstić information content (AvgIpc) is 3.08. The summed E-state index contributed by atoms with van der Waals surface area (Å²) < 4.78 is 11.0. The first kappa shape index (κ1) is 16.0. The first-order valence-electron chi connectivity index (χ1n) is 8.50. The number of fused-ring (bicyclic) bond motifs is 2. The summed E-state index contributed by atoms with van der Waals surface area (Å²) in [5.74, 6) is 1.64. The minimum Gasteiger partial charge on any atom is -0.454 e. The lowest BCUT2D eigenvalue weighted by Gasteiger charge is -2.22.